The molecule has 0 aliphatic rings. The van der Waals surface area contributed by atoms with Crippen LogP contribution in [-0.2, 0) is 12.8 Å². The molecule has 0 unspecified atom stereocenters. The number of hydrogen-bond donors (Lipinski definition) is 1. The highest BCUT2D eigenvalue weighted by Crippen LogP contribution is 2.33. The van der Waals surface area contributed by atoms with Crippen molar-refractivity contribution in [3.8, 4) is 0 Å². The minimum absolute atomic E-state index is 0.299. The van der Waals surface area contributed by atoms with Crippen molar-refractivity contribution in [3.05, 3.63) is 34.3 Å². The average Bonchev–Trinajstić information content (AvgIpc) is 2.90. The SMILES string of the molecule is CCc1nnc(Sc2cccs2)c(C(=O)O)c1CC. The van der Waals surface area contributed by atoms with Gasteiger partial charge in [-0.3, -0.25) is 0 Å². The first-order valence-corrected chi connectivity index (χ1v) is 7.70. The molecule has 100 valence electrons. The molecule has 4 nitrogen and oxygen atoms in total. The minimum Gasteiger partial charge on any atom is -0.478 e. The van der Waals surface area contributed by atoms with Gasteiger partial charge in [0.05, 0.1) is 15.5 Å². The van der Waals surface area contributed by atoms with Gasteiger partial charge in [-0.25, -0.2) is 4.79 Å². The molecule has 0 amide bonds. The number of aryl methyl sites for hydroxylation is 1. The molecule has 0 atom stereocenters. The third kappa shape index (κ3) is 2.96. The maximum absolute atomic E-state index is 11.5. The molecule has 1 N–H and O–H groups in total. The summed E-state index contributed by atoms with van der Waals surface area (Å²) in [5.41, 5.74) is 1.87. The zero-order valence-corrected chi connectivity index (χ0v) is 12.3. The monoisotopic (exact) mass is 294 g/mol. The van der Waals surface area contributed by atoms with E-state index in [1.165, 1.54) is 11.8 Å². The Morgan fingerprint density at radius 2 is 2.16 bits per heavy atom. The zero-order chi connectivity index (χ0) is 13.8. The highest BCUT2D eigenvalue weighted by atomic mass is 32.2. The number of carboxylic acids is 1. The summed E-state index contributed by atoms with van der Waals surface area (Å²) < 4.78 is 1.02. The average molecular weight is 294 g/mol. The number of nitrogens with zero attached hydrogens (tertiary/aromatic N) is 2. The van der Waals surface area contributed by atoms with E-state index in [2.05, 4.69) is 10.2 Å². The molecule has 0 spiro atoms. The van der Waals surface area contributed by atoms with Crippen LogP contribution in [-0.4, -0.2) is 21.3 Å². The molecule has 0 fully saturated rings. The van der Waals surface area contributed by atoms with Gasteiger partial charge in [-0.2, -0.15) is 5.10 Å². The Bertz CT molecular complexity index is 583. The largest absolute Gasteiger partial charge is 0.478 e. The van der Waals surface area contributed by atoms with E-state index in [-0.39, 0.29) is 0 Å². The fourth-order valence-electron chi connectivity index (χ4n) is 1.86. The number of rotatable bonds is 5. The summed E-state index contributed by atoms with van der Waals surface area (Å²) in [7, 11) is 0. The Labute approximate surface area is 119 Å². The van der Waals surface area contributed by atoms with Gasteiger partial charge in [0.15, 0.2) is 0 Å². The van der Waals surface area contributed by atoms with Crippen LogP contribution in [0.5, 0.6) is 0 Å². The summed E-state index contributed by atoms with van der Waals surface area (Å²) in [4.78, 5) is 11.5. The molecule has 0 saturated carbocycles. The van der Waals surface area contributed by atoms with Crippen LogP contribution in [0.2, 0.25) is 0 Å². The topological polar surface area (TPSA) is 63.1 Å². The Balaban J connectivity index is 2.51. The fourth-order valence-corrected chi connectivity index (χ4v) is 3.64. The van der Waals surface area contributed by atoms with Gasteiger partial charge in [-0.15, -0.1) is 16.4 Å². The van der Waals surface area contributed by atoms with Gasteiger partial charge in [-0.1, -0.05) is 31.7 Å². The van der Waals surface area contributed by atoms with Crippen molar-refractivity contribution in [1.82, 2.24) is 10.2 Å². The van der Waals surface area contributed by atoms with E-state index in [4.69, 9.17) is 0 Å². The Hall–Kier alpha value is -1.40. The van der Waals surface area contributed by atoms with Gasteiger partial charge in [0, 0.05) is 0 Å². The van der Waals surface area contributed by atoms with Crippen LogP contribution < -0.4 is 0 Å². The third-order valence-corrected chi connectivity index (χ3v) is 4.74. The number of aromatic nitrogens is 2. The van der Waals surface area contributed by atoms with Gasteiger partial charge in [0.2, 0.25) is 0 Å². The second-order valence-electron chi connectivity index (χ2n) is 3.85. The number of carboxylic acid groups (broad SMARTS) is 1. The van der Waals surface area contributed by atoms with Gasteiger partial charge in [0.1, 0.15) is 5.03 Å². The molecule has 2 rings (SSSR count). The standard InChI is InChI=1S/C13H14N2O2S2/c1-3-8-9(4-2)14-15-12(11(8)13(16)17)19-10-6-5-7-18-10/h5-7H,3-4H2,1-2H3,(H,16,17). The molecule has 0 aliphatic carbocycles. The van der Waals surface area contributed by atoms with Crippen molar-refractivity contribution in [3.63, 3.8) is 0 Å². The lowest BCUT2D eigenvalue weighted by atomic mass is 10.0. The highest BCUT2D eigenvalue weighted by molar-refractivity contribution is 8.01. The summed E-state index contributed by atoms with van der Waals surface area (Å²) in [6.45, 7) is 3.91. The van der Waals surface area contributed by atoms with Crippen LogP contribution in [0.3, 0.4) is 0 Å². The Morgan fingerprint density at radius 3 is 2.68 bits per heavy atom. The molecule has 2 heterocycles. The van der Waals surface area contributed by atoms with Gasteiger partial charge >= 0.3 is 5.97 Å². The van der Waals surface area contributed by atoms with E-state index in [1.807, 2.05) is 31.4 Å². The van der Waals surface area contributed by atoms with Crippen LogP contribution >= 0.6 is 23.1 Å². The lowest BCUT2D eigenvalue weighted by Gasteiger charge is -2.11. The fraction of sp³-hybridized carbons (Fsp3) is 0.308. The molecule has 2 aromatic heterocycles. The summed E-state index contributed by atoms with van der Waals surface area (Å²) in [6.07, 6.45) is 1.35. The van der Waals surface area contributed by atoms with E-state index in [0.29, 0.717) is 23.4 Å². The van der Waals surface area contributed by atoms with Crippen LogP contribution in [0.25, 0.3) is 0 Å². The predicted octanol–water partition coefficient (Wildman–Crippen LogP) is 3.51. The lowest BCUT2D eigenvalue weighted by molar-refractivity contribution is 0.0690. The van der Waals surface area contributed by atoms with Crippen molar-refractivity contribution < 1.29 is 9.90 Å². The Morgan fingerprint density at radius 1 is 1.37 bits per heavy atom. The quantitative estimate of drug-likeness (QED) is 0.914. The summed E-state index contributed by atoms with van der Waals surface area (Å²) >= 11 is 2.93. The van der Waals surface area contributed by atoms with E-state index in [0.717, 1.165) is 15.5 Å². The number of hydrogen-bond acceptors (Lipinski definition) is 5. The smallest absolute Gasteiger partial charge is 0.338 e. The number of thiophene rings is 1. The molecule has 6 heteroatoms. The lowest BCUT2D eigenvalue weighted by Crippen LogP contribution is -2.11. The second-order valence-corrected chi connectivity index (χ2v) is 6.09. The first-order valence-electron chi connectivity index (χ1n) is 6.00. The van der Waals surface area contributed by atoms with Crippen molar-refractivity contribution in [2.75, 3.05) is 0 Å². The van der Waals surface area contributed by atoms with E-state index in [9.17, 15) is 9.90 Å². The van der Waals surface area contributed by atoms with Gasteiger partial charge < -0.3 is 5.11 Å². The molecule has 0 saturated heterocycles. The summed E-state index contributed by atoms with van der Waals surface area (Å²) in [6, 6.07) is 3.88. The molecular weight excluding hydrogens is 280 g/mol. The van der Waals surface area contributed by atoms with Crippen LogP contribution in [0.1, 0.15) is 35.5 Å². The van der Waals surface area contributed by atoms with Crippen LogP contribution in [0.15, 0.2) is 26.7 Å². The maximum Gasteiger partial charge on any atom is 0.338 e. The number of carbonyl (C=O) groups is 1. The molecule has 0 radical (unpaired) electrons. The zero-order valence-electron chi connectivity index (χ0n) is 10.7. The first-order chi connectivity index (χ1) is 9.17. The normalized spacial score (nSPS) is 10.6. The molecular formula is C13H14N2O2S2. The van der Waals surface area contributed by atoms with Crippen LogP contribution in [0, 0.1) is 0 Å². The predicted molar refractivity (Wildman–Crippen MR) is 76.2 cm³/mol. The highest BCUT2D eigenvalue weighted by Gasteiger charge is 2.21. The maximum atomic E-state index is 11.5. The number of aromatic carboxylic acids is 1. The summed E-state index contributed by atoms with van der Waals surface area (Å²) in [5.74, 6) is -0.930. The van der Waals surface area contributed by atoms with Gasteiger partial charge in [0.25, 0.3) is 0 Å². The van der Waals surface area contributed by atoms with Gasteiger partial charge in [-0.05, 0) is 29.9 Å². The Kier molecular flexibility index (Phi) is 4.55. The van der Waals surface area contributed by atoms with E-state index < -0.39 is 5.97 Å². The molecule has 0 bridgehead atoms. The van der Waals surface area contributed by atoms with Crippen molar-refractivity contribution in [2.45, 2.75) is 35.9 Å². The van der Waals surface area contributed by atoms with E-state index >= 15 is 0 Å². The van der Waals surface area contributed by atoms with Crippen molar-refractivity contribution in [2.24, 2.45) is 0 Å². The van der Waals surface area contributed by atoms with E-state index in [1.54, 1.807) is 11.3 Å². The minimum atomic E-state index is -0.930. The molecule has 2 aromatic rings. The first kappa shape index (κ1) is 14.0. The van der Waals surface area contributed by atoms with Crippen LogP contribution in [0.4, 0.5) is 0 Å². The summed E-state index contributed by atoms with van der Waals surface area (Å²) in [5, 5.41) is 20.1. The van der Waals surface area contributed by atoms with Crippen molar-refractivity contribution in [1.29, 1.82) is 0 Å². The third-order valence-electron chi connectivity index (χ3n) is 2.72. The molecule has 19 heavy (non-hydrogen) atoms. The molecule has 0 aliphatic heterocycles. The van der Waals surface area contributed by atoms with Crippen molar-refractivity contribution >= 4 is 29.1 Å². The second kappa shape index (κ2) is 6.16. The molecule has 0 aromatic carbocycles.